The second kappa shape index (κ2) is 8.62. The van der Waals surface area contributed by atoms with Crippen LogP contribution in [0.4, 0.5) is 10.2 Å². The second-order valence-corrected chi connectivity index (χ2v) is 7.37. The van der Waals surface area contributed by atoms with Gasteiger partial charge in [0.05, 0.1) is 20.4 Å². The third-order valence-electron chi connectivity index (χ3n) is 5.38. The lowest BCUT2D eigenvalue weighted by Crippen LogP contribution is -2.06. The quantitative estimate of drug-likeness (QED) is 0.382. The summed E-state index contributed by atoms with van der Waals surface area (Å²) in [7, 11) is 3.24. The van der Waals surface area contributed by atoms with Gasteiger partial charge in [0.2, 0.25) is 0 Å². The Morgan fingerprint density at radius 1 is 1.03 bits per heavy atom. The Labute approximate surface area is 189 Å². The Balaban J connectivity index is 1.31. The van der Waals surface area contributed by atoms with Gasteiger partial charge in [-0.3, -0.25) is 0 Å². The van der Waals surface area contributed by atoms with Gasteiger partial charge in [-0.05, 0) is 42.5 Å². The molecule has 5 rings (SSSR count). The van der Waals surface area contributed by atoms with Gasteiger partial charge in [0.25, 0.3) is 0 Å². The minimum Gasteiger partial charge on any atom is -0.497 e. The van der Waals surface area contributed by atoms with Gasteiger partial charge in [-0.1, -0.05) is 0 Å². The van der Waals surface area contributed by atoms with Crippen molar-refractivity contribution in [2.45, 2.75) is 6.54 Å². The number of anilines is 1. The monoisotopic (exact) mass is 444 g/mol. The Hall–Kier alpha value is -4.40. The number of rotatable bonds is 7. The highest BCUT2D eigenvalue weighted by molar-refractivity contribution is 5.95. The maximum atomic E-state index is 13.5. The molecule has 0 spiro atoms. The molecular formula is C24H21FN6O2. The highest BCUT2D eigenvalue weighted by atomic mass is 19.1. The summed E-state index contributed by atoms with van der Waals surface area (Å²) in [4.78, 5) is 3.10. The first-order valence-corrected chi connectivity index (χ1v) is 10.2. The van der Waals surface area contributed by atoms with E-state index in [0.29, 0.717) is 18.2 Å². The molecule has 5 aromatic rings. The molecule has 0 unspecified atom stereocenters. The van der Waals surface area contributed by atoms with Crippen LogP contribution < -0.4 is 14.8 Å². The van der Waals surface area contributed by atoms with Gasteiger partial charge in [-0.25, -0.2) is 9.07 Å². The van der Waals surface area contributed by atoms with Crippen LogP contribution in [0.5, 0.6) is 11.5 Å². The van der Waals surface area contributed by atoms with Gasteiger partial charge in [0.1, 0.15) is 23.1 Å². The molecule has 0 aliphatic heterocycles. The highest BCUT2D eigenvalue weighted by Crippen LogP contribution is 2.29. The number of aromatic nitrogens is 5. The number of fused-ring (bicyclic) bond motifs is 1. The predicted octanol–water partition coefficient (Wildman–Crippen LogP) is 4.58. The smallest absolute Gasteiger partial charge is 0.175 e. The van der Waals surface area contributed by atoms with Gasteiger partial charge < -0.3 is 19.8 Å². The fourth-order valence-electron chi connectivity index (χ4n) is 3.65. The summed E-state index contributed by atoms with van der Waals surface area (Å²) >= 11 is 0. The van der Waals surface area contributed by atoms with Crippen molar-refractivity contribution in [3.05, 3.63) is 78.5 Å². The minimum absolute atomic E-state index is 0.277. The summed E-state index contributed by atoms with van der Waals surface area (Å²) in [5.41, 5.74) is 3.54. The molecule has 9 heteroatoms. The fourth-order valence-corrected chi connectivity index (χ4v) is 3.65. The maximum Gasteiger partial charge on any atom is 0.175 e. The molecule has 0 saturated heterocycles. The lowest BCUT2D eigenvalue weighted by atomic mass is 10.1. The third kappa shape index (κ3) is 4.08. The van der Waals surface area contributed by atoms with Crippen molar-refractivity contribution < 1.29 is 13.9 Å². The van der Waals surface area contributed by atoms with Crippen molar-refractivity contribution in [1.82, 2.24) is 25.0 Å². The standard InChI is InChI=1S/C24H21FN6O2/c1-32-18-5-3-15(22(10-18)33-2)11-27-23-7-8-24(30-29-23)31-14-16(12-28-31)20-13-26-21-9-17(25)4-6-19(20)21/h3-10,12-14,26H,11H2,1-2H3,(H,27,29). The SMILES string of the molecule is COc1ccc(CNc2ccc(-n3cc(-c4c[nH]c5cc(F)ccc45)cn3)nn2)c(OC)c1. The van der Waals surface area contributed by atoms with Crippen LogP contribution in [0, 0.1) is 5.82 Å². The zero-order chi connectivity index (χ0) is 22.8. The number of ether oxygens (including phenoxy) is 2. The number of hydrogen-bond donors (Lipinski definition) is 2. The Morgan fingerprint density at radius 2 is 1.94 bits per heavy atom. The number of hydrogen-bond acceptors (Lipinski definition) is 6. The number of aromatic amines is 1. The summed E-state index contributed by atoms with van der Waals surface area (Å²) in [6.07, 6.45) is 5.46. The molecule has 3 heterocycles. The van der Waals surface area contributed by atoms with Crippen LogP contribution >= 0.6 is 0 Å². The van der Waals surface area contributed by atoms with E-state index >= 15 is 0 Å². The van der Waals surface area contributed by atoms with Crippen LogP contribution in [0.1, 0.15) is 5.56 Å². The average Bonchev–Trinajstić information content (AvgIpc) is 3.50. The number of nitrogens with one attached hydrogen (secondary N) is 2. The fraction of sp³-hybridized carbons (Fsp3) is 0.125. The number of benzene rings is 2. The summed E-state index contributed by atoms with van der Waals surface area (Å²) in [5, 5.41) is 17.1. The Bertz CT molecular complexity index is 1410. The number of H-pyrrole nitrogens is 1. The van der Waals surface area contributed by atoms with Gasteiger partial charge >= 0.3 is 0 Å². The first-order valence-electron chi connectivity index (χ1n) is 10.2. The van der Waals surface area contributed by atoms with E-state index in [0.717, 1.165) is 39.1 Å². The van der Waals surface area contributed by atoms with Crippen molar-refractivity contribution in [1.29, 1.82) is 0 Å². The zero-order valence-electron chi connectivity index (χ0n) is 18.0. The molecule has 0 radical (unpaired) electrons. The van der Waals surface area contributed by atoms with Crippen LogP contribution in [0.15, 0.2) is 67.1 Å². The van der Waals surface area contributed by atoms with Crippen LogP contribution in [0.3, 0.4) is 0 Å². The van der Waals surface area contributed by atoms with E-state index in [9.17, 15) is 4.39 Å². The summed E-state index contributed by atoms with van der Waals surface area (Å²) in [6, 6.07) is 14.0. The van der Waals surface area contributed by atoms with E-state index in [4.69, 9.17) is 9.47 Å². The minimum atomic E-state index is -0.277. The van der Waals surface area contributed by atoms with Crippen molar-refractivity contribution >= 4 is 16.7 Å². The van der Waals surface area contributed by atoms with Gasteiger partial charge in [0.15, 0.2) is 5.82 Å². The summed E-state index contributed by atoms with van der Waals surface area (Å²) in [6.45, 7) is 0.522. The molecule has 0 aliphatic rings. The van der Waals surface area contributed by atoms with Crippen molar-refractivity contribution in [3.8, 4) is 28.4 Å². The molecule has 8 nitrogen and oxygen atoms in total. The first kappa shape index (κ1) is 20.5. The van der Waals surface area contributed by atoms with E-state index in [2.05, 4.69) is 25.6 Å². The molecule has 33 heavy (non-hydrogen) atoms. The normalized spacial score (nSPS) is 11.0. The summed E-state index contributed by atoms with van der Waals surface area (Å²) < 4.78 is 25.8. The van der Waals surface area contributed by atoms with Crippen LogP contribution in [-0.4, -0.2) is 39.2 Å². The van der Waals surface area contributed by atoms with Gasteiger partial charge in [-0.2, -0.15) is 5.10 Å². The molecule has 3 aromatic heterocycles. The molecule has 166 valence electrons. The maximum absolute atomic E-state index is 13.5. The third-order valence-corrected chi connectivity index (χ3v) is 5.38. The zero-order valence-corrected chi connectivity index (χ0v) is 18.0. The van der Waals surface area contributed by atoms with Gasteiger partial charge in [0, 0.05) is 52.6 Å². The lowest BCUT2D eigenvalue weighted by molar-refractivity contribution is 0.391. The van der Waals surface area contributed by atoms with Crippen LogP contribution in [0.2, 0.25) is 0 Å². The Morgan fingerprint density at radius 3 is 2.73 bits per heavy atom. The number of nitrogens with zero attached hydrogens (tertiary/aromatic N) is 4. The van der Waals surface area contributed by atoms with Crippen molar-refractivity contribution in [2.24, 2.45) is 0 Å². The molecular weight excluding hydrogens is 423 g/mol. The number of methoxy groups -OCH3 is 2. The molecule has 2 aromatic carbocycles. The van der Waals surface area contributed by atoms with E-state index in [1.807, 2.05) is 42.7 Å². The average molecular weight is 444 g/mol. The molecule has 0 atom stereocenters. The predicted molar refractivity (Wildman–Crippen MR) is 123 cm³/mol. The highest BCUT2D eigenvalue weighted by Gasteiger charge is 2.11. The molecule has 2 N–H and O–H groups in total. The van der Waals surface area contributed by atoms with Crippen molar-refractivity contribution in [3.63, 3.8) is 0 Å². The Kier molecular flexibility index (Phi) is 5.35. The molecule has 0 saturated carbocycles. The van der Waals surface area contributed by atoms with Gasteiger partial charge in [-0.15, -0.1) is 10.2 Å². The second-order valence-electron chi connectivity index (χ2n) is 7.37. The van der Waals surface area contributed by atoms with E-state index < -0.39 is 0 Å². The topological polar surface area (TPSA) is 89.9 Å². The molecule has 0 bridgehead atoms. The van der Waals surface area contributed by atoms with Crippen LogP contribution in [-0.2, 0) is 6.54 Å². The summed E-state index contributed by atoms with van der Waals surface area (Å²) in [5.74, 6) is 2.40. The van der Waals surface area contributed by atoms with E-state index in [1.165, 1.54) is 12.1 Å². The van der Waals surface area contributed by atoms with Crippen molar-refractivity contribution in [2.75, 3.05) is 19.5 Å². The largest absolute Gasteiger partial charge is 0.497 e. The molecule has 0 amide bonds. The van der Waals surface area contributed by atoms with Crippen LogP contribution in [0.25, 0.3) is 27.8 Å². The number of halogens is 1. The first-order chi connectivity index (χ1) is 16.1. The van der Waals surface area contributed by atoms with E-state index in [1.54, 1.807) is 31.2 Å². The molecule has 0 fully saturated rings. The lowest BCUT2D eigenvalue weighted by Gasteiger charge is -2.11. The molecule has 0 aliphatic carbocycles. The van der Waals surface area contributed by atoms with E-state index in [-0.39, 0.29) is 5.82 Å².